The Labute approximate surface area is 138 Å². The number of nitrogens with zero attached hydrogens (tertiary/aromatic N) is 2. The summed E-state index contributed by atoms with van der Waals surface area (Å²) in [5.41, 5.74) is 3.47. The molecule has 23 heavy (non-hydrogen) atoms. The zero-order valence-electron chi connectivity index (χ0n) is 14.5. The number of amides is 1. The summed E-state index contributed by atoms with van der Waals surface area (Å²) in [6.45, 7) is 9.29. The molecular weight excluding hydrogens is 314 g/mol. The number of hydrogen-bond donors (Lipinski definition) is 1. The lowest BCUT2D eigenvalue weighted by Crippen LogP contribution is -2.47. The van der Waals surface area contributed by atoms with E-state index >= 15 is 0 Å². The van der Waals surface area contributed by atoms with E-state index in [1.807, 2.05) is 27.7 Å². The van der Waals surface area contributed by atoms with Gasteiger partial charge in [-0.1, -0.05) is 39.0 Å². The first-order valence-electron chi connectivity index (χ1n) is 7.33. The van der Waals surface area contributed by atoms with Gasteiger partial charge < -0.3 is 0 Å². The summed E-state index contributed by atoms with van der Waals surface area (Å²) in [5, 5.41) is 4.07. The number of carbonyl (C=O) groups is 1. The third-order valence-corrected chi connectivity index (χ3v) is 4.76. The minimum Gasteiger partial charge on any atom is -0.271 e. The summed E-state index contributed by atoms with van der Waals surface area (Å²) in [5.74, 6) is -0.483. The van der Waals surface area contributed by atoms with Crippen LogP contribution in [0.1, 0.15) is 34.6 Å². The molecule has 0 saturated heterocycles. The number of anilines is 1. The molecule has 0 spiro atoms. The van der Waals surface area contributed by atoms with Gasteiger partial charge in [0.05, 0.1) is 11.9 Å². The number of sulfonamides is 1. The molecule has 7 heteroatoms. The van der Waals surface area contributed by atoms with Gasteiger partial charge in [-0.3, -0.25) is 9.10 Å². The number of hydrogen-bond acceptors (Lipinski definition) is 4. The van der Waals surface area contributed by atoms with Gasteiger partial charge in [0.2, 0.25) is 10.0 Å². The second-order valence-electron chi connectivity index (χ2n) is 6.49. The number of hydrazone groups is 1. The van der Waals surface area contributed by atoms with Crippen molar-refractivity contribution in [2.45, 2.75) is 40.7 Å². The van der Waals surface area contributed by atoms with Crippen molar-refractivity contribution < 1.29 is 13.2 Å². The summed E-state index contributed by atoms with van der Waals surface area (Å²) in [6, 6.07) is 7.61. The second-order valence-corrected chi connectivity index (χ2v) is 8.35. The minimum absolute atomic E-state index is 0.174. The SMILES string of the molecule is C/C(=N/NC(=O)[C@@H](C)N(c1ccccc1)S(C)(=O)=O)C(C)(C)C. The Bertz CT molecular complexity index is 676. The molecule has 0 fully saturated rings. The quantitative estimate of drug-likeness (QED) is 0.661. The van der Waals surface area contributed by atoms with E-state index < -0.39 is 22.0 Å². The maximum absolute atomic E-state index is 12.3. The summed E-state index contributed by atoms with van der Waals surface area (Å²) in [6.07, 6.45) is 1.08. The molecule has 0 aromatic heterocycles. The van der Waals surface area contributed by atoms with Crippen LogP contribution in [0, 0.1) is 5.41 Å². The van der Waals surface area contributed by atoms with Gasteiger partial charge in [0.25, 0.3) is 5.91 Å². The molecule has 1 N–H and O–H groups in total. The zero-order valence-corrected chi connectivity index (χ0v) is 15.3. The van der Waals surface area contributed by atoms with Gasteiger partial charge in [-0.2, -0.15) is 5.10 Å². The van der Waals surface area contributed by atoms with Gasteiger partial charge in [-0.05, 0) is 26.0 Å². The van der Waals surface area contributed by atoms with Crippen LogP contribution in [0.15, 0.2) is 35.4 Å². The molecule has 1 rings (SSSR count). The topological polar surface area (TPSA) is 78.8 Å². The highest BCUT2D eigenvalue weighted by molar-refractivity contribution is 7.92. The molecule has 0 unspecified atom stereocenters. The summed E-state index contributed by atoms with van der Waals surface area (Å²) in [7, 11) is -3.61. The van der Waals surface area contributed by atoms with Crippen molar-refractivity contribution in [1.82, 2.24) is 5.43 Å². The lowest BCUT2D eigenvalue weighted by Gasteiger charge is -2.27. The van der Waals surface area contributed by atoms with Crippen LogP contribution in [0.5, 0.6) is 0 Å². The fourth-order valence-electron chi connectivity index (χ4n) is 1.78. The van der Waals surface area contributed by atoms with Gasteiger partial charge in [0, 0.05) is 11.1 Å². The van der Waals surface area contributed by atoms with Gasteiger partial charge in [-0.25, -0.2) is 13.8 Å². The minimum atomic E-state index is -3.61. The predicted octanol–water partition coefficient (Wildman–Crippen LogP) is 2.38. The normalized spacial score (nSPS) is 14.3. The standard InChI is InChI=1S/C16H25N3O3S/c1-12(15(20)18-17-13(2)16(3,4)5)19(23(6,21)22)14-10-8-7-9-11-14/h7-12H,1-6H3,(H,18,20)/b17-13-/t12-/m1/s1. The van der Waals surface area contributed by atoms with Crippen molar-refractivity contribution in [1.29, 1.82) is 0 Å². The summed E-state index contributed by atoms with van der Waals surface area (Å²) >= 11 is 0. The molecule has 0 radical (unpaired) electrons. The van der Waals surface area contributed by atoms with E-state index in [2.05, 4.69) is 10.5 Å². The molecular formula is C16H25N3O3S. The molecule has 0 aliphatic heterocycles. The molecule has 0 aliphatic carbocycles. The molecule has 1 atom stereocenters. The van der Waals surface area contributed by atoms with Crippen molar-refractivity contribution in [2.75, 3.05) is 10.6 Å². The highest BCUT2D eigenvalue weighted by atomic mass is 32.2. The van der Waals surface area contributed by atoms with E-state index in [1.165, 1.54) is 6.92 Å². The lowest BCUT2D eigenvalue weighted by molar-refractivity contribution is -0.121. The molecule has 6 nitrogen and oxygen atoms in total. The monoisotopic (exact) mass is 339 g/mol. The molecule has 0 saturated carbocycles. The van der Waals surface area contributed by atoms with Gasteiger partial charge in [0.15, 0.2) is 0 Å². The number of rotatable bonds is 5. The molecule has 1 aromatic rings. The Morgan fingerprint density at radius 1 is 1.22 bits per heavy atom. The molecule has 1 amide bonds. The van der Waals surface area contributed by atoms with Crippen molar-refractivity contribution in [3.8, 4) is 0 Å². The first-order valence-corrected chi connectivity index (χ1v) is 9.18. The molecule has 128 valence electrons. The summed E-state index contributed by atoms with van der Waals surface area (Å²) in [4.78, 5) is 12.3. The van der Waals surface area contributed by atoms with E-state index in [1.54, 1.807) is 30.3 Å². The number of nitrogens with one attached hydrogen (secondary N) is 1. The van der Waals surface area contributed by atoms with Crippen LogP contribution in [0.4, 0.5) is 5.69 Å². The molecule has 0 heterocycles. The molecule has 0 aliphatic rings. The van der Waals surface area contributed by atoms with Crippen LogP contribution < -0.4 is 9.73 Å². The van der Waals surface area contributed by atoms with E-state index in [4.69, 9.17) is 0 Å². The van der Waals surface area contributed by atoms with Crippen LogP contribution in [0.3, 0.4) is 0 Å². The number of para-hydroxylation sites is 1. The maximum atomic E-state index is 12.3. The van der Waals surface area contributed by atoms with Crippen LogP contribution in [0.2, 0.25) is 0 Å². The third-order valence-electron chi connectivity index (χ3n) is 3.52. The number of benzene rings is 1. The van der Waals surface area contributed by atoms with Crippen molar-refractivity contribution >= 4 is 27.3 Å². The first kappa shape index (κ1) is 19.2. The van der Waals surface area contributed by atoms with Crippen LogP contribution >= 0.6 is 0 Å². The maximum Gasteiger partial charge on any atom is 0.263 e. The van der Waals surface area contributed by atoms with Crippen molar-refractivity contribution in [2.24, 2.45) is 10.5 Å². The van der Waals surface area contributed by atoms with E-state index in [0.717, 1.165) is 16.3 Å². The van der Waals surface area contributed by atoms with Crippen LogP contribution in [0.25, 0.3) is 0 Å². The lowest BCUT2D eigenvalue weighted by atomic mass is 9.91. The molecule has 0 bridgehead atoms. The second kappa shape index (κ2) is 7.12. The smallest absolute Gasteiger partial charge is 0.263 e. The van der Waals surface area contributed by atoms with E-state index in [0.29, 0.717) is 5.69 Å². The Kier molecular flexibility index (Phi) is 5.93. The zero-order chi connectivity index (χ0) is 17.8. The largest absolute Gasteiger partial charge is 0.271 e. The predicted molar refractivity (Wildman–Crippen MR) is 93.9 cm³/mol. The Hall–Kier alpha value is -1.89. The fourth-order valence-corrected chi connectivity index (χ4v) is 2.96. The third kappa shape index (κ3) is 5.35. The average Bonchev–Trinajstić information content (AvgIpc) is 2.43. The van der Waals surface area contributed by atoms with Gasteiger partial charge in [0.1, 0.15) is 6.04 Å². The van der Waals surface area contributed by atoms with Crippen LogP contribution in [-0.4, -0.2) is 32.3 Å². The van der Waals surface area contributed by atoms with Gasteiger partial charge in [-0.15, -0.1) is 0 Å². The fraction of sp³-hybridized carbons (Fsp3) is 0.500. The Morgan fingerprint density at radius 2 is 1.74 bits per heavy atom. The van der Waals surface area contributed by atoms with E-state index in [-0.39, 0.29) is 5.41 Å². The average molecular weight is 339 g/mol. The van der Waals surface area contributed by atoms with Crippen molar-refractivity contribution in [3.05, 3.63) is 30.3 Å². The Balaban J connectivity index is 3.03. The highest BCUT2D eigenvalue weighted by Crippen LogP contribution is 2.20. The highest BCUT2D eigenvalue weighted by Gasteiger charge is 2.29. The van der Waals surface area contributed by atoms with Gasteiger partial charge >= 0.3 is 0 Å². The molecule has 1 aromatic carbocycles. The number of carbonyl (C=O) groups excluding carboxylic acids is 1. The first-order chi connectivity index (χ1) is 10.4. The van der Waals surface area contributed by atoms with Crippen LogP contribution in [-0.2, 0) is 14.8 Å². The summed E-state index contributed by atoms with van der Waals surface area (Å²) < 4.78 is 25.3. The van der Waals surface area contributed by atoms with E-state index in [9.17, 15) is 13.2 Å². The van der Waals surface area contributed by atoms with Crippen molar-refractivity contribution in [3.63, 3.8) is 0 Å². The Morgan fingerprint density at radius 3 is 2.17 bits per heavy atom.